The second-order valence-electron chi connectivity index (χ2n) is 5.05. The summed E-state index contributed by atoms with van der Waals surface area (Å²) in [6.45, 7) is 0.627. The van der Waals surface area contributed by atoms with Gasteiger partial charge in [0.15, 0.2) is 0 Å². The Kier molecular flexibility index (Phi) is 4.43. The zero-order valence-electron chi connectivity index (χ0n) is 12.1. The van der Waals surface area contributed by atoms with Gasteiger partial charge < -0.3 is 10.4 Å². The molecule has 2 N–H and O–H groups in total. The van der Waals surface area contributed by atoms with Crippen molar-refractivity contribution >= 4 is 27.5 Å². The maximum atomic E-state index is 12.1. The Morgan fingerprint density at radius 1 is 1.13 bits per heavy atom. The molecule has 1 amide bonds. The topological polar surface area (TPSA) is 67.2 Å². The first-order valence-electron chi connectivity index (χ1n) is 6.97. The maximum Gasteiger partial charge on any atom is 0.255 e. The van der Waals surface area contributed by atoms with E-state index in [0.717, 1.165) is 10.0 Å². The Labute approximate surface area is 141 Å². The maximum absolute atomic E-state index is 12.1. The highest BCUT2D eigenvalue weighted by Gasteiger charge is 2.07. The fraction of sp³-hybridized carbons (Fsp3) is 0.0588. The summed E-state index contributed by atoms with van der Waals surface area (Å²) in [4.78, 5) is 12.1. The molecular formula is C17H14BrN3O2. The molecule has 1 heterocycles. The number of carbonyl (C=O) groups excluding carboxylic acids is 1. The number of carbonyl (C=O) groups is 1. The third-order valence-corrected chi connectivity index (χ3v) is 3.81. The highest BCUT2D eigenvalue weighted by atomic mass is 79.9. The number of hydrogen-bond donors (Lipinski definition) is 2. The smallest absolute Gasteiger partial charge is 0.255 e. The predicted molar refractivity (Wildman–Crippen MR) is 91.5 cm³/mol. The van der Waals surface area contributed by atoms with Crippen molar-refractivity contribution in [2.75, 3.05) is 5.32 Å². The molecule has 6 heteroatoms. The Morgan fingerprint density at radius 2 is 1.83 bits per heavy atom. The number of phenolic OH excluding ortho intramolecular Hbond substituents is 1. The van der Waals surface area contributed by atoms with Gasteiger partial charge in [0, 0.05) is 16.2 Å². The highest BCUT2D eigenvalue weighted by Crippen LogP contribution is 2.14. The summed E-state index contributed by atoms with van der Waals surface area (Å²) in [5, 5.41) is 16.3. The van der Waals surface area contributed by atoms with Crippen LogP contribution in [0.25, 0.3) is 0 Å². The number of anilines is 1. The van der Waals surface area contributed by atoms with E-state index in [0.29, 0.717) is 17.8 Å². The van der Waals surface area contributed by atoms with Gasteiger partial charge >= 0.3 is 0 Å². The van der Waals surface area contributed by atoms with Crippen LogP contribution in [0, 0.1) is 0 Å². The van der Waals surface area contributed by atoms with Crippen molar-refractivity contribution in [2.24, 2.45) is 0 Å². The lowest BCUT2D eigenvalue weighted by molar-refractivity contribution is 0.102. The molecule has 3 rings (SSSR count). The molecule has 0 aliphatic rings. The molecule has 0 saturated heterocycles. The van der Waals surface area contributed by atoms with Crippen molar-refractivity contribution in [2.45, 2.75) is 6.54 Å². The molecule has 1 aromatic heterocycles. The number of phenols is 1. The van der Waals surface area contributed by atoms with Crippen molar-refractivity contribution in [3.05, 3.63) is 76.5 Å². The van der Waals surface area contributed by atoms with Crippen molar-refractivity contribution in [3.63, 3.8) is 0 Å². The summed E-state index contributed by atoms with van der Waals surface area (Å²) >= 11 is 3.40. The summed E-state index contributed by atoms with van der Waals surface area (Å²) in [7, 11) is 0. The zero-order valence-corrected chi connectivity index (χ0v) is 13.7. The minimum atomic E-state index is -0.242. The lowest BCUT2D eigenvalue weighted by atomic mass is 10.2. The Balaban J connectivity index is 1.66. The number of benzene rings is 2. The number of halogens is 1. The molecule has 5 nitrogen and oxygen atoms in total. The number of amides is 1. The molecular weight excluding hydrogens is 358 g/mol. The molecule has 0 saturated carbocycles. The van der Waals surface area contributed by atoms with Gasteiger partial charge in [-0.05, 0) is 42.0 Å². The fourth-order valence-corrected chi connectivity index (χ4v) is 2.37. The summed E-state index contributed by atoms with van der Waals surface area (Å²) in [6, 6.07) is 14.1. The lowest BCUT2D eigenvalue weighted by Gasteiger charge is -2.03. The van der Waals surface area contributed by atoms with Crippen LogP contribution in [0.4, 0.5) is 5.69 Å². The SMILES string of the molecule is O=C(Nc1cnn(Cc2ccc(Br)cc2)c1)c1ccc(O)cc1. The zero-order chi connectivity index (χ0) is 16.2. The monoisotopic (exact) mass is 371 g/mol. The van der Waals surface area contributed by atoms with Crippen LogP contribution in [0.15, 0.2) is 65.4 Å². The molecule has 0 aliphatic carbocycles. The molecule has 0 bridgehead atoms. The van der Waals surface area contributed by atoms with E-state index in [9.17, 15) is 9.90 Å². The quantitative estimate of drug-likeness (QED) is 0.735. The summed E-state index contributed by atoms with van der Waals surface area (Å²) in [5.74, 6) is -0.114. The standard InChI is InChI=1S/C17H14BrN3O2/c18-14-5-1-12(2-6-14)10-21-11-15(9-19-21)20-17(23)13-3-7-16(22)8-4-13/h1-9,11,22H,10H2,(H,20,23). The van der Waals surface area contributed by atoms with E-state index in [1.54, 1.807) is 29.2 Å². The second kappa shape index (κ2) is 6.66. The van der Waals surface area contributed by atoms with Crippen LogP contribution < -0.4 is 5.32 Å². The van der Waals surface area contributed by atoms with Crippen LogP contribution >= 0.6 is 15.9 Å². The molecule has 0 spiro atoms. The van der Waals surface area contributed by atoms with Gasteiger partial charge in [-0.25, -0.2) is 0 Å². The molecule has 0 unspecified atom stereocenters. The van der Waals surface area contributed by atoms with Gasteiger partial charge in [0.1, 0.15) is 5.75 Å². The van der Waals surface area contributed by atoms with Crippen molar-refractivity contribution in [1.29, 1.82) is 0 Å². The number of aromatic hydroxyl groups is 1. The lowest BCUT2D eigenvalue weighted by Crippen LogP contribution is -2.11. The van der Waals surface area contributed by atoms with Crippen LogP contribution in [0.3, 0.4) is 0 Å². The first kappa shape index (κ1) is 15.3. The molecule has 0 atom stereocenters. The molecule has 23 heavy (non-hydrogen) atoms. The predicted octanol–water partition coefficient (Wildman–Crippen LogP) is 3.65. The number of nitrogens with zero attached hydrogens (tertiary/aromatic N) is 2. The van der Waals surface area contributed by atoms with E-state index in [1.165, 1.54) is 12.1 Å². The van der Waals surface area contributed by atoms with E-state index in [4.69, 9.17) is 0 Å². The van der Waals surface area contributed by atoms with Crippen molar-refractivity contribution in [1.82, 2.24) is 9.78 Å². The number of nitrogens with one attached hydrogen (secondary N) is 1. The molecule has 0 aliphatic heterocycles. The van der Waals surface area contributed by atoms with E-state index in [1.807, 2.05) is 24.3 Å². The summed E-state index contributed by atoms with van der Waals surface area (Å²) < 4.78 is 2.79. The Morgan fingerprint density at radius 3 is 2.52 bits per heavy atom. The number of aromatic nitrogens is 2. The fourth-order valence-electron chi connectivity index (χ4n) is 2.11. The van der Waals surface area contributed by atoms with E-state index >= 15 is 0 Å². The van der Waals surface area contributed by atoms with Crippen LogP contribution in [-0.4, -0.2) is 20.8 Å². The van der Waals surface area contributed by atoms with E-state index in [-0.39, 0.29) is 11.7 Å². The average Bonchev–Trinajstić information content (AvgIpc) is 2.97. The van der Waals surface area contributed by atoms with Crippen LogP contribution in [0.1, 0.15) is 15.9 Å². The third kappa shape index (κ3) is 3.98. The van der Waals surface area contributed by atoms with Gasteiger partial charge in [0.25, 0.3) is 5.91 Å². The van der Waals surface area contributed by atoms with Gasteiger partial charge in [-0.3, -0.25) is 9.48 Å². The van der Waals surface area contributed by atoms with E-state index in [2.05, 4.69) is 26.3 Å². The first-order valence-corrected chi connectivity index (χ1v) is 7.77. The normalized spacial score (nSPS) is 10.5. The molecule has 116 valence electrons. The van der Waals surface area contributed by atoms with Gasteiger partial charge in [0.2, 0.25) is 0 Å². The minimum Gasteiger partial charge on any atom is -0.508 e. The Hall–Kier alpha value is -2.60. The average molecular weight is 372 g/mol. The summed E-state index contributed by atoms with van der Waals surface area (Å²) in [6.07, 6.45) is 3.39. The minimum absolute atomic E-state index is 0.129. The number of hydrogen-bond acceptors (Lipinski definition) is 3. The van der Waals surface area contributed by atoms with Gasteiger partial charge in [-0.2, -0.15) is 5.10 Å². The molecule has 0 radical (unpaired) electrons. The van der Waals surface area contributed by atoms with Crippen LogP contribution in [0.5, 0.6) is 5.75 Å². The largest absolute Gasteiger partial charge is 0.508 e. The van der Waals surface area contributed by atoms with Gasteiger partial charge in [-0.15, -0.1) is 0 Å². The highest BCUT2D eigenvalue weighted by molar-refractivity contribution is 9.10. The first-order chi connectivity index (χ1) is 11.1. The number of rotatable bonds is 4. The van der Waals surface area contributed by atoms with E-state index < -0.39 is 0 Å². The van der Waals surface area contributed by atoms with Gasteiger partial charge in [-0.1, -0.05) is 28.1 Å². The second-order valence-corrected chi connectivity index (χ2v) is 5.97. The Bertz CT molecular complexity index is 811. The summed E-state index contributed by atoms with van der Waals surface area (Å²) in [5.41, 5.74) is 2.22. The third-order valence-electron chi connectivity index (χ3n) is 3.28. The van der Waals surface area contributed by atoms with Crippen LogP contribution in [-0.2, 0) is 6.54 Å². The van der Waals surface area contributed by atoms with Gasteiger partial charge in [0.05, 0.1) is 18.4 Å². The molecule has 2 aromatic carbocycles. The van der Waals surface area contributed by atoms with Crippen molar-refractivity contribution < 1.29 is 9.90 Å². The molecule has 0 fully saturated rings. The van der Waals surface area contributed by atoms with Crippen molar-refractivity contribution in [3.8, 4) is 5.75 Å². The van der Waals surface area contributed by atoms with Crippen LogP contribution in [0.2, 0.25) is 0 Å². The molecule has 3 aromatic rings.